The summed E-state index contributed by atoms with van der Waals surface area (Å²) >= 11 is 0. The van der Waals surface area contributed by atoms with Gasteiger partial charge in [0.15, 0.2) is 0 Å². The Morgan fingerprint density at radius 3 is 1.41 bits per heavy atom. The van der Waals surface area contributed by atoms with Crippen molar-refractivity contribution in [1.82, 2.24) is 0 Å². The molecule has 0 spiro atoms. The van der Waals surface area contributed by atoms with Crippen LogP contribution in [0, 0.1) is 0 Å². The fourth-order valence-corrected chi connectivity index (χ4v) is 4.81. The summed E-state index contributed by atoms with van der Waals surface area (Å²) in [5.74, 6) is 1.36. The Kier molecular flexibility index (Phi) is 6.67. The minimum atomic E-state index is 0.112. The largest absolute Gasteiger partial charge is 0.475 e. The first kappa shape index (κ1) is 23.0. The maximum atomic E-state index is 6.06. The molecule has 0 saturated heterocycles. The Bertz CT molecular complexity index is 1310. The SMILES string of the molecule is c1ccc(C[C@H]2COC(c3ccccc3Nc3ccccc3C3=N[C@@H](Cc4ccccc4)CO3)=N2)cc1. The van der Waals surface area contributed by atoms with Crippen LogP contribution in [0.5, 0.6) is 0 Å². The third-order valence-electron chi connectivity index (χ3n) is 6.64. The number of rotatable bonds is 8. The summed E-state index contributed by atoms with van der Waals surface area (Å²) < 4.78 is 12.1. The van der Waals surface area contributed by atoms with Crippen molar-refractivity contribution in [2.75, 3.05) is 18.5 Å². The van der Waals surface area contributed by atoms with E-state index in [4.69, 9.17) is 19.5 Å². The first-order valence-electron chi connectivity index (χ1n) is 12.8. The molecule has 1 N–H and O–H groups in total. The summed E-state index contributed by atoms with van der Waals surface area (Å²) in [5.41, 5.74) is 6.31. The van der Waals surface area contributed by atoms with Gasteiger partial charge in [0.2, 0.25) is 11.8 Å². The highest BCUT2D eigenvalue weighted by Crippen LogP contribution is 2.28. The lowest BCUT2D eigenvalue weighted by Gasteiger charge is -2.15. The highest BCUT2D eigenvalue weighted by atomic mass is 16.5. The number of nitrogens with one attached hydrogen (secondary N) is 1. The topological polar surface area (TPSA) is 55.2 Å². The number of benzene rings is 4. The third-order valence-corrected chi connectivity index (χ3v) is 6.64. The number of hydrogen-bond donors (Lipinski definition) is 1. The Morgan fingerprint density at radius 2 is 0.946 bits per heavy atom. The van der Waals surface area contributed by atoms with Gasteiger partial charge in [0.1, 0.15) is 13.2 Å². The summed E-state index contributed by atoms with van der Waals surface area (Å²) in [6.45, 7) is 1.17. The van der Waals surface area contributed by atoms with E-state index in [1.54, 1.807) is 0 Å². The lowest BCUT2D eigenvalue weighted by atomic mass is 10.1. The van der Waals surface area contributed by atoms with Crippen molar-refractivity contribution in [1.29, 1.82) is 0 Å². The van der Waals surface area contributed by atoms with E-state index in [9.17, 15) is 0 Å². The highest BCUT2D eigenvalue weighted by molar-refractivity contribution is 6.04. The van der Waals surface area contributed by atoms with Crippen LogP contribution in [0.2, 0.25) is 0 Å². The molecule has 2 atom stereocenters. The molecule has 4 aromatic rings. The summed E-state index contributed by atoms with van der Waals surface area (Å²) in [6, 6.07) is 37.4. The van der Waals surface area contributed by atoms with E-state index >= 15 is 0 Å². The molecule has 2 aliphatic heterocycles. The average molecular weight is 488 g/mol. The van der Waals surface area contributed by atoms with E-state index in [0.717, 1.165) is 35.3 Å². The quantitative estimate of drug-likeness (QED) is 0.322. The van der Waals surface area contributed by atoms with Gasteiger partial charge in [0.05, 0.1) is 34.6 Å². The van der Waals surface area contributed by atoms with Crippen molar-refractivity contribution in [3.05, 3.63) is 131 Å². The molecule has 0 unspecified atom stereocenters. The van der Waals surface area contributed by atoms with Crippen LogP contribution in [0.25, 0.3) is 0 Å². The Hall–Kier alpha value is -4.38. The zero-order valence-electron chi connectivity index (χ0n) is 20.6. The van der Waals surface area contributed by atoms with Gasteiger partial charge < -0.3 is 14.8 Å². The molecule has 6 rings (SSSR count). The number of aliphatic imine (C=N–C) groups is 2. The molecule has 184 valence electrons. The minimum Gasteiger partial charge on any atom is -0.475 e. The van der Waals surface area contributed by atoms with Crippen molar-refractivity contribution in [3.8, 4) is 0 Å². The van der Waals surface area contributed by atoms with Crippen molar-refractivity contribution in [3.63, 3.8) is 0 Å². The van der Waals surface area contributed by atoms with E-state index in [-0.39, 0.29) is 12.1 Å². The third kappa shape index (κ3) is 5.41. The number of nitrogens with zero attached hydrogens (tertiary/aromatic N) is 2. The molecule has 0 radical (unpaired) electrons. The van der Waals surface area contributed by atoms with Gasteiger partial charge >= 0.3 is 0 Å². The van der Waals surface area contributed by atoms with Crippen molar-refractivity contribution in [2.45, 2.75) is 24.9 Å². The molecule has 5 heteroatoms. The maximum absolute atomic E-state index is 6.06. The van der Waals surface area contributed by atoms with Crippen LogP contribution >= 0.6 is 0 Å². The number of anilines is 2. The molecule has 4 aromatic carbocycles. The van der Waals surface area contributed by atoms with Gasteiger partial charge in [-0.2, -0.15) is 0 Å². The highest BCUT2D eigenvalue weighted by Gasteiger charge is 2.25. The van der Waals surface area contributed by atoms with Crippen LogP contribution in [0.3, 0.4) is 0 Å². The minimum absolute atomic E-state index is 0.112. The number of ether oxygens (including phenoxy) is 2. The zero-order chi connectivity index (χ0) is 24.9. The van der Waals surface area contributed by atoms with Gasteiger partial charge in [0, 0.05) is 0 Å². The summed E-state index contributed by atoms with van der Waals surface area (Å²) in [5, 5.41) is 3.60. The summed E-state index contributed by atoms with van der Waals surface area (Å²) in [4.78, 5) is 9.82. The van der Waals surface area contributed by atoms with Gasteiger partial charge in [-0.25, -0.2) is 9.98 Å². The van der Waals surface area contributed by atoms with Gasteiger partial charge in [0.25, 0.3) is 0 Å². The second kappa shape index (κ2) is 10.7. The van der Waals surface area contributed by atoms with Crippen molar-refractivity contribution in [2.24, 2.45) is 9.98 Å². The maximum Gasteiger partial charge on any atom is 0.218 e. The van der Waals surface area contributed by atoms with Gasteiger partial charge in [-0.05, 0) is 48.2 Å². The molecule has 0 saturated carbocycles. The molecule has 0 fully saturated rings. The number of hydrogen-bond acceptors (Lipinski definition) is 5. The molecule has 0 bridgehead atoms. The van der Waals surface area contributed by atoms with E-state index in [2.05, 4.69) is 66.0 Å². The van der Waals surface area contributed by atoms with Crippen LogP contribution in [0.4, 0.5) is 11.4 Å². The second-order valence-electron chi connectivity index (χ2n) is 9.39. The fourth-order valence-electron chi connectivity index (χ4n) is 4.81. The second-order valence-corrected chi connectivity index (χ2v) is 9.39. The average Bonchev–Trinajstić information content (AvgIpc) is 3.60. The molecular formula is C32H29N3O2. The molecule has 0 aliphatic carbocycles. The molecule has 2 heterocycles. The molecule has 0 amide bonds. The van der Waals surface area contributed by atoms with Crippen LogP contribution < -0.4 is 5.32 Å². The van der Waals surface area contributed by atoms with Gasteiger partial charge in [-0.3, -0.25) is 0 Å². The van der Waals surface area contributed by atoms with E-state index in [1.165, 1.54) is 11.1 Å². The van der Waals surface area contributed by atoms with Crippen LogP contribution in [-0.4, -0.2) is 37.1 Å². The lowest BCUT2D eigenvalue weighted by molar-refractivity contribution is 0.317. The Morgan fingerprint density at radius 1 is 0.541 bits per heavy atom. The Labute approximate surface area is 217 Å². The number of para-hydroxylation sites is 2. The summed E-state index contributed by atoms with van der Waals surface area (Å²) in [6.07, 6.45) is 1.73. The fraction of sp³-hybridized carbons (Fsp3) is 0.188. The predicted octanol–water partition coefficient (Wildman–Crippen LogP) is 6.21. The van der Waals surface area contributed by atoms with E-state index in [0.29, 0.717) is 25.0 Å². The first-order chi connectivity index (χ1) is 18.3. The molecule has 5 nitrogen and oxygen atoms in total. The standard InChI is InChI=1S/C32H29N3O2/c1-3-11-23(12-4-1)19-25-21-36-31(33-25)27-15-7-9-17-29(27)35-30-18-10-8-16-28(30)32-34-26(22-37-32)20-24-13-5-2-6-14-24/h1-18,25-26,35H,19-22H2/t25-,26-/m0/s1. The lowest BCUT2D eigenvalue weighted by Crippen LogP contribution is -2.10. The van der Waals surface area contributed by atoms with Crippen LogP contribution in [-0.2, 0) is 22.3 Å². The summed E-state index contributed by atoms with van der Waals surface area (Å²) in [7, 11) is 0. The van der Waals surface area contributed by atoms with E-state index in [1.807, 2.05) is 48.5 Å². The van der Waals surface area contributed by atoms with E-state index < -0.39 is 0 Å². The molecule has 2 aliphatic rings. The smallest absolute Gasteiger partial charge is 0.218 e. The van der Waals surface area contributed by atoms with Crippen molar-refractivity contribution < 1.29 is 9.47 Å². The monoisotopic (exact) mass is 487 g/mol. The predicted molar refractivity (Wildman–Crippen MR) is 149 cm³/mol. The van der Waals surface area contributed by atoms with Gasteiger partial charge in [-0.15, -0.1) is 0 Å². The van der Waals surface area contributed by atoms with Crippen molar-refractivity contribution >= 4 is 23.2 Å². The van der Waals surface area contributed by atoms with Gasteiger partial charge in [-0.1, -0.05) is 84.9 Å². The normalized spacial score (nSPS) is 18.5. The van der Waals surface area contributed by atoms with Crippen LogP contribution in [0.15, 0.2) is 119 Å². The Balaban J connectivity index is 1.22. The molecular weight excluding hydrogens is 458 g/mol. The van der Waals surface area contributed by atoms with Crippen LogP contribution in [0.1, 0.15) is 22.3 Å². The zero-order valence-corrected chi connectivity index (χ0v) is 20.6. The first-order valence-corrected chi connectivity index (χ1v) is 12.8. The molecule has 0 aromatic heterocycles. The molecule has 37 heavy (non-hydrogen) atoms.